The molecule has 2 atom stereocenters. The molecule has 0 radical (unpaired) electrons. The van der Waals surface area contributed by atoms with Crippen LogP contribution in [0.3, 0.4) is 0 Å². The summed E-state index contributed by atoms with van der Waals surface area (Å²) in [7, 11) is 0. The van der Waals surface area contributed by atoms with Gasteiger partial charge in [-0.3, -0.25) is 14.9 Å². The number of benzene rings is 1. The molecule has 1 aromatic heterocycles. The summed E-state index contributed by atoms with van der Waals surface area (Å²) in [6, 6.07) is 5.84. The molecule has 23 heavy (non-hydrogen) atoms. The lowest BCUT2D eigenvalue weighted by Crippen LogP contribution is -2.41. The number of amides is 2. The van der Waals surface area contributed by atoms with Crippen molar-refractivity contribution in [2.75, 3.05) is 5.32 Å². The molecular formula is C16H16FN3O3. The van der Waals surface area contributed by atoms with Gasteiger partial charge in [0.15, 0.2) is 5.82 Å². The average Bonchev–Trinajstić information content (AvgIpc) is 3.03. The van der Waals surface area contributed by atoms with E-state index in [0.29, 0.717) is 12.0 Å². The summed E-state index contributed by atoms with van der Waals surface area (Å²) in [6.45, 7) is 1.97. The third-order valence-corrected chi connectivity index (χ3v) is 4.08. The molecule has 120 valence electrons. The Morgan fingerprint density at radius 1 is 1.30 bits per heavy atom. The van der Waals surface area contributed by atoms with E-state index in [-0.39, 0.29) is 17.6 Å². The van der Waals surface area contributed by atoms with Crippen LogP contribution >= 0.6 is 0 Å². The Kier molecular flexibility index (Phi) is 4.10. The first-order valence-corrected chi connectivity index (χ1v) is 7.35. The smallest absolute Gasteiger partial charge is 0.314 e. The zero-order valence-electron chi connectivity index (χ0n) is 12.5. The highest BCUT2D eigenvalue weighted by molar-refractivity contribution is 6.39. The number of anilines is 1. The Balaban J connectivity index is 1.75. The maximum atomic E-state index is 13.9. The predicted octanol–water partition coefficient (Wildman–Crippen LogP) is 2.19. The number of nitrogens with zero attached hydrogens (tertiary/aromatic N) is 1. The van der Waals surface area contributed by atoms with Gasteiger partial charge >= 0.3 is 11.8 Å². The molecule has 0 aliphatic heterocycles. The van der Waals surface area contributed by atoms with Crippen molar-refractivity contribution in [2.45, 2.75) is 25.8 Å². The third kappa shape index (κ3) is 3.08. The molecule has 0 fully saturated rings. The lowest BCUT2D eigenvalue weighted by Gasteiger charge is -2.32. The summed E-state index contributed by atoms with van der Waals surface area (Å²) in [5.41, 5.74) is 1.33. The van der Waals surface area contributed by atoms with E-state index in [4.69, 9.17) is 0 Å². The number of carbonyl (C=O) groups is 2. The van der Waals surface area contributed by atoms with Crippen molar-refractivity contribution in [3.05, 3.63) is 47.5 Å². The van der Waals surface area contributed by atoms with Crippen molar-refractivity contribution in [1.29, 1.82) is 0 Å². The van der Waals surface area contributed by atoms with Gasteiger partial charge in [0.25, 0.3) is 0 Å². The van der Waals surface area contributed by atoms with Gasteiger partial charge in [-0.25, -0.2) is 4.39 Å². The number of rotatable bonds is 2. The van der Waals surface area contributed by atoms with E-state index in [1.54, 1.807) is 12.1 Å². The summed E-state index contributed by atoms with van der Waals surface area (Å²) in [5.74, 6) is -1.64. The van der Waals surface area contributed by atoms with Crippen LogP contribution in [0.5, 0.6) is 0 Å². The Bertz CT molecular complexity index is 730. The van der Waals surface area contributed by atoms with Crippen LogP contribution in [0.1, 0.15) is 30.5 Å². The van der Waals surface area contributed by atoms with E-state index in [9.17, 15) is 14.0 Å². The van der Waals surface area contributed by atoms with Crippen molar-refractivity contribution in [2.24, 2.45) is 5.92 Å². The minimum atomic E-state index is -0.838. The Hall–Kier alpha value is -2.70. The Morgan fingerprint density at radius 2 is 2.13 bits per heavy atom. The highest BCUT2D eigenvalue weighted by Crippen LogP contribution is 2.35. The predicted molar refractivity (Wildman–Crippen MR) is 79.9 cm³/mol. The molecule has 0 spiro atoms. The largest absolute Gasteiger partial charge is 0.363 e. The quantitative estimate of drug-likeness (QED) is 0.832. The summed E-state index contributed by atoms with van der Waals surface area (Å²) in [5, 5.41) is 8.53. The first-order valence-electron chi connectivity index (χ1n) is 7.35. The summed E-state index contributed by atoms with van der Waals surface area (Å²) in [6.07, 6.45) is 2.65. The normalized spacial score (nSPS) is 19.7. The maximum absolute atomic E-state index is 13.9. The molecule has 2 amide bonds. The Labute approximate surface area is 132 Å². The SMILES string of the molecule is C[C@@H]1CCc2c(F)cccc2[C@H]1NC(=O)C(=O)Nc1ccon1. The molecule has 1 aliphatic carbocycles. The van der Waals surface area contributed by atoms with Crippen molar-refractivity contribution >= 4 is 17.6 Å². The van der Waals surface area contributed by atoms with Crippen molar-refractivity contribution in [3.63, 3.8) is 0 Å². The number of carbonyl (C=O) groups excluding carboxylic acids is 2. The van der Waals surface area contributed by atoms with Crippen LogP contribution < -0.4 is 10.6 Å². The van der Waals surface area contributed by atoms with E-state index in [1.165, 1.54) is 18.4 Å². The second-order valence-corrected chi connectivity index (χ2v) is 5.61. The van der Waals surface area contributed by atoms with Gasteiger partial charge in [-0.15, -0.1) is 0 Å². The zero-order chi connectivity index (χ0) is 16.4. The monoisotopic (exact) mass is 317 g/mol. The fraction of sp³-hybridized carbons (Fsp3) is 0.312. The number of halogens is 1. The molecule has 2 aromatic rings. The fourth-order valence-electron chi connectivity index (χ4n) is 2.85. The number of aromatic nitrogens is 1. The fourth-order valence-corrected chi connectivity index (χ4v) is 2.85. The van der Waals surface area contributed by atoms with Crippen LogP contribution in [0.4, 0.5) is 10.2 Å². The van der Waals surface area contributed by atoms with E-state index < -0.39 is 17.9 Å². The van der Waals surface area contributed by atoms with Crippen LogP contribution in [0, 0.1) is 11.7 Å². The maximum Gasteiger partial charge on any atom is 0.314 e. The van der Waals surface area contributed by atoms with Crippen LogP contribution in [-0.4, -0.2) is 17.0 Å². The third-order valence-electron chi connectivity index (χ3n) is 4.08. The molecule has 2 N–H and O–H groups in total. The second kappa shape index (κ2) is 6.20. The first kappa shape index (κ1) is 15.2. The van der Waals surface area contributed by atoms with Crippen molar-refractivity contribution in [3.8, 4) is 0 Å². The lowest BCUT2D eigenvalue weighted by atomic mass is 9.80. The summed E-state index contributed by atoms with van der Waals surface area (Å²) in [4.78, 5) is 24.0. The van der Waals surface area contributed by atoms with Gasteiger partial charge in [0, 0.05) is 6.07 Å². The van der Waals surface area contributed by atoms with Crippen LogP contribution in [0.15, 0.2) is 35.1 Å². The standard InChI is InChI=1S/C16H16FN3O3/c1-9-5-6-10-11(3-2-4-12(10)17)14(9)19-16(22)15(21)18-13-7-8-23-20-13/h2-4,7-9,14H,5-6H2,1H3,(H,19,22)(H,18,20,21)/t9-,14+/m1/s1. The first-order chi connectivity index (χ1) is 11.1. The van der Waals surface area contributed by atoms with Crippen molar-refractivity contribution < 1.29 is 18.5 Å². The highest BCUT2D eigenvalue weighted by Gasteiger charge is 2.31. The number of nitrogens with one attached hydrogen (secondary N) is 2. The van der Waals surface area contributed by atoms with Gasteiger partial charge in [-0.05, 0) is 36.0 Å². The molecule has 7 heteroatoms. The molecule has 0 saturated heterocycles. The average molecular weight is 317 g/mol. The number of hydrogen-bond donors (Lipinski definition) is 2. The van der Waals surface area contributed by atoms with E-state index >= 15 is 0 Å². The van der Waals surface area contributed by atoms with Crippen LogP contribution in [-0.2, 0) is 16.0 Å². The Morgan fingerprint density at radius 3 is 2.87 bits per heavy atom. The van der Waals surface area contributed by atoms with E-state index in [2.05, 4.69) is 20.3 Å². The molecule has 6 nitrogen and oxygen atoms in total. The minimum Gasteiger partial charge on any atom is -0.363 e. The van der Waals surface area contributed by atoms with Gasteiger partial charge in [0.1, 0.15) is 12.1 Å². The van der Waals surface area contributed by atoms with Crippen LogP contribution in [0.25, 0.3) is 0 Å². The highest BCUT2D eigenvalue weighted by atomic mass is 19.1. The number of hydrogen-bond acceptors (Lipinski definition) is 4. The van der Waals surface area contributed by atoms with Crippen molar-refractivity contribution in [1.82, 2.24) is 10.5 Å². The molecule has 1 aromatic carbocycles. The topological polar surface area (TPSA) is 84.2 Å². The molecule has 0 saturated carbocycles. The van der Waals surface area contributed by atoms with Gasteiger partial charge < -0.3 is 9.84 Å². The van der Waals surface area contributed by atoms with E-state index in [0.717, 1.165) is 12.0 Å². The molecular weight excluding hydrogens is 301 g/mol. The number of fused-ring (bicyclic) bond motifs is 1. The second-order valence-electron chi connectivity index (χ2n) is 5.61. The zero-order valence-corrected chi connectivity index (χ0v) is 12.5. The molecule has 0 unspecified atom stereocenters. The summed E-state index contributed by atoms with van der Waals surface area (Å²) >= 11 is 0. The summed E-state index contributed by atoms with van der Waals surface area (Å²) < 4.78 is 18.5. The molecule has 1 heterocycles. The minimum absolute atomic E-state index is 0.105. The van der Waals surface area contributed by atoms with Crippen LogP contribution in [0.2, 0.25) is 0 Å². The molecule has 0 bridgehead atoms. The molecule has 3 rings (SSSR count). The van der Waals surface area contributed by atoms with Gasteiger partial charge in [0.05, 0.1) is 6.04 Å². The van der Waals surface area contributed by atoms with E-state index in [1.807, 2.05) is 6.92 Å². The molecule has 1 aliphatic rings. The van der Waals surface area contributed by atoms with Gasteiger partial charge in [-0.1, -0.05) is 24.2 Å². The van der Waals surface area contributed by atoms with Gasteiger partial charge in [0.2, 0.25) is 0 Å². The van der Waals surface area contributed by atoms with Gasteiger partial charge in [-0.2, -0.15) is 0 Å². The lowest BCUT2D eigenvalue weighted by molar-refractivity contribution is -0.137.